The minimum atomic E-state index is -0.299. The molecule has 0 aliphatic heterocycles. The zero-order valence-corrected chi connectivity index (χ0v) is 16.2. The Labute approximate surface area is 150 Å². The van der Waals surface area contributed by atoms with Crippen molar-refractivity contribution < 1.29 is 9.53 Å². The number of carbonyl (C=O) groups excluding carboxylic acids is 1. The van der Waals surface area contributed by atoms with Crippen molar-refractivity contribution >= 4 is 29.1 Å². The highest BCUT2D eigenvalue weighted by molar-refractivity contribution is 8.00. The monoisotopic (exact) mass is 365 g/mol. The lowest BCUT2D eigenvalue weighted by Crippen LogP contribution is -2.15. The molecule has 130 valence electrons. The summed E-state index contributed by atoms with van der Waals surface area (Å²) in [6, 6.07) is 2.28. The number of fused-ring (bicyclic) bond motifs is 1. The van der Waals surface area contributed by atoms with Gasteiger partial charge in [0.2, 0.25) is 0 Å². The van der Waals surface area contributed by atoms with Gasteiger partial charge in [0.15, 0.2) is 11.0 Å². The topological polar surface area (TPSA) is 57.0 Å². The van der Waals surface area contributed by atoms with Crippen LogP contribution in [0.4, 0.5) is 0 Å². The van der Waals surface area contributed by atoms with Gasteiger partial charge in [-0.05, 0) is 43.7 Å². The smallest absolute Gasteiger partial charge is 0.318 e. The summed E-state index contributed by atoms with van der Waals surface area (Å²) in [5, 5.41) is 9.06. The van der Waals surface area contributed by atoms with E-state index in [1.54, 1.807) is 0 Å². The molecular weight excluding hydrogens is 342 g/mol. The first-order chi connectivity index (χ1) is 11.5. The van der Waals surface area contributed by atoms with Crippen molar-refractivity contribution in [1.82, 2.24) is 14.8 Å². The molecule has 0 aromatic carbocycles. The highest BCUT2D eigenvalue weighted by atomic mass is 32.2. The van der Waals surface area contributed by atoms with Crippen LogP contribution in [0.3, 0.4) is 0 Å². The molecular formula is C17H23N3O2S2. The van der Waals surface area contributed by atoms with Crippen molar-refractivity contribution in [3.63, 3.8) is 0 Å². The van der Waals surface area contributed by atoms with E-state index < -0.39 is 0 Å². The predicted octanol–water partition coefficient (Wildman–Crippen LogP) is 3.71. The van der Waals surface area contributed by atoms with Crippen molar-refractivity contribution in [2.24, 2.45) is 13.0 Å². The molecule has 2 aromatic heterocycles. The van der Waals surface area contributed by atoms with E-state index in [9.17, 15) is 4.79 Å². The van der Waals surface area contributed by atoms with Gasteiger partial charge in [-0.3, -0.25) is 4.79 Å². The summed E-state index contributed by atoms with van der Waals surface area (Å²) in [6.45, 7) is 4.09. The molecule has 0 N–H and O–H groups in total. The Balaban J connectivity index is 1.82. The normalized spacial score (nSPS) is 18.2. The van der Waals surface area contributed by atoms with Gasteiger partial charge in [0, 0.05) is 11.9 Å². The van der Waals surface area contributed by atoms with Crippen molar-refractivity contribution in [2.75, 3.05) is 7.11 Å². The number of methoxy groups -OCH3 is 1. The van der Waals surface area contributed by atoms with Gasteiger partial charge in [0.1, 0.15) is 5.25 Å². The Hall–Kier alpha value is -1.34. The van der Waals surface area contributed by atoms with Crippen LogP contribution in [0.25, 0.3) is 10.7 Å². The Kier molecular flexibility index (Phi) is 5.30. The van der Waals surface area contributed by atoms with Crippen molar-refractivity contribution in [1.29, 1.82) is 0 Å². The average Bonchev–Trinajstić information content (AvgIpc) is 3.16. The maximum absolute atomic E-state index is 11.6. The highest BCUT2D eigenvalue weighted by Crippen LogP contribution is 2.38. The number of aryl methyl sites for hydroxylation is 1. The summed E-state index contributed by atoms with van der Waals surface area (Å²) in [4.78, 5) is 14.3. The number of esters is 1. The number of aromatic nitrogens is 3. The van der Waals surface area contributed by atoms with E-state index in [1.165, 1.54) is 59.9 Å². The zero-order valence-electron chi connectivity index (χ0n) is 14.5. The third-order valence-corrected chi connectivity index (χ3v) is 6.98. The third kappa shape index (κ3) is 3.37. The van der Waals surface area contributed by atoms with Gasteiger partial charge < -0.3 is 9.30 Å². The summed E-state index contributed by atoms with van der Waals surface area (Å²) < 4.78 is 6.75. The predicted molar refractivity (Wildman–Crippen MR) is 97.5 cm³/mol. The van der Waals surface area contributed by atoms with Gasteiger partial charge in [-0.1, -0.05) is 25.1 Å². The largest absolute Gasteiger partial charge is 0.468 e. The second-order valence-corrected chi connectivity index (χ2v) is 8.67. The van der Waals surface area contributed by atoms with E-state index in [4.69, 9.17) is 4.74 Å². The fourth-order valence-electron chi connectivity index (χ4n) is 3.06. The number of thioether (sulfide) groups is 1. The van der Waals surface area contributed by atoms with Gasteiger partial charge in [0.05, 0.1) is 12.0 Å². The van der Waals surface area contributed by atoms with E-state index in [0.717, 1.165) is 16.9 Å². The molecule has 0 saturated carbocycles. The van der Waals surface area contributed by atoms with Gasteiger partial charge in [0.25, 0.3) is 0 Å². The zero-order chi connectivity index (χ0) is 17.3. The van der Waals surface area contributed by atoms with Crippen LogP contribution in [-0.4, -0.2) is 33.1 Å². The van der Waals surface area contributed by atoms with Crippen LogP contribution in [0.15, 0.2) is 11.2 Å². The molecule has 2 atom stereocenters. The Morgan fingerprint density at radius 2 is 2.33 bits per heavy atom. The van der Waals surface area contributed by atoms with Crippen molar-refractivity contribution in [3.05, 3.63) is 16.5 Å². The van der Waals surface area contributed by atoms with Crippen LogP contribution in [0.1, 0.15) is 37.1 Å². The number of rotatable bonds is 5. The molecule has 0 fully saturated rings. The molecule has 24 heavy (non-hydrogen) atoms. The van der Waals surface area contributed by atoms with Gasteiger partial charge in [-0.15, -0.1) is 21.5 Å². The molecule has 0 bridgehead atoms. The minimum absolute atomic E-state index is 0.248. The quantitative estimate of drug-likeness (QED) is 0.597. The van der Waals surface area contributed by atoms with E-state index in [1.807, 2.05) is 29.9 Å². The molecule has 1 aliphatic carbocycles. The summed E-state index contributed by atoms with van der Waals surface area (Å²) in [7, 11) is 3.36. The molecule has 0 saturated heterocycles. The Morgan fingerprint density at radius 1 is 1.54 bits per heavy atom. The average molecular weight is 366 g/mol. The highest BCUT2D eigenvalue weighted by Gasteiger charge is 2.24. The SMILES string of the molecule is CCC1CCc2sc(-c3nnc(SC(C)C(=O)OC)n3C)cc2C1. The molecule has 2 heterocycles. The third-order valence-electron chi connectivity index (χ3n) is 4.63. The summed E-state index contributed by atoms with van der Waals surface area (Å²) >= 11 is 3.21. The molecule has 7 heteroatoms. The second kappa shape index (κ2) is 7.27. The fraction of sp³-hybridized carbons (Fsp3) is 0.588. The molecule has 3 rings (SSSR count). The lowest BCUT2D eigenvalue weighted by molar-refractivity contribution is -0.139. The lowest BCUT2D eigenvalue weighted by atomic mass is 9.87. The van der Waals surface area contributed by atoms with Crippen LogP contribution < -0.4 is 0 Å². The second-order valence-electron chi connectivity index (χ2n) is 6.22. The minimum Gasteiger partial charge on any atom is -0.468 e. The summed E-state index contributed by atoms with van der Waals surface area (Å²) in [5.74, 6) is 1.44. The van der Waals surface area contributed by atoms with Crippen LogP contribution >= 0.6 is 23.1 Å². The van der Waals surface area contributed by atoms with Gasteiger partial charge >= 0.3 is 5.97 Å². The van der Waals surface area contributed by atoms with E-state index in [0.29, 0.717) is 0 Å². The first-order valence-electron chi connectivity index (χ1n) is 8.29. The summed E-state index contributed by atoms with van der Waals surface area (Å²) in [6.07, 6.45) is 4.90. The standard InChI is InChI=1S/C17H23N3O2S2/c1-5-11-6-7-13-12(8-11)9-14(24-13)15-18-19-17(20(15)3)23-10(2)16(21)22-4/h9-11H,5-8H2,1-4H3. The number of thiophene rings is 1. The van der Waals surface area contributed by atoms with E-state index >= 15 is 0 Å². The Bertz CT molecular complexity index is 738. The lowest BCUT2D eigenvalue weighted by Gasteiger charge is -2.19. The molecule has 2 aromatic rings. The maximum atomic E-state index is 11.6. The number of hydrogen-bond acceptors (Lipinski definition) is 6. The number of carbonyl (C=O) groups is 1. The summed E-state index contributed by atoms with van der Waals surface area (Å²) in [5.41, 5.74) is 1.48. The molecule has 0 amide bonds. The molecule has 0 radical (unpaired) electrons. The van der Waals surface area contributed by atoms with Crippen molar-refractivity contribution in [2.45, 2.75) is 49.9 Å². The van der Waals surface area contributed by atoms with Crippen LogP contribution in [0.2, 0.25) is 0 Å². The molecule has 5 nitrogen and oxygen atoms in total. The van der Waals surface area contributed by atoms with Crippen LogP contribution in [0.5, 0.6) is 0 Å². The first kappa shape index (κ1) is 17.5. The molecule has 2 unspecified atom stereocenters. The molecule has 0 spiro atoms. The molecule has 1 aliphatic rings. The van der Waals surface area contributed by atoms with E-state index in [-0.39, 0.29) is 11.2 Å². The fourth-order valence-corrected chi connectivity index (χ4v) is 5.13. The number of hydrogen-bond donors (Lipinski definition) is 0. The van der Waals surface area contributed by atoms with Crippen molar-refractivity contribution in [3.8, 4) is 10.7 Å². The van der Waals surface area contributed by atoms with Gasteiger partial charge in [-0.25, -0.2) is 0 Å². The maximum Gasteiger partial charge on any atom is 0.318 e. The number of nitrogens with zero attached hydrogens (tertiary/aromatic N) is 3. The first-order valence-corrected chi connectivity index (χ1v) is 9.98. The Morgan fingerprint density at radius 3 is 3.04 bits per heavy atom. The number of ether oxygens (including phenoxy) is 1. The van der Waals surface area contributed by atoms with E-state index in [2.05, 4.69) is 23.2 Å². The van der Waals surface area contributed by atoms with Crippen LogP contribution in [0, 0.1) is 5.92 Å². The van der Waals surface area contributed by atoms with Crippen LogP contribution in [-0.2, 0) is 29.4 Å². The van der Waals surface area contributed by atoms with Gasteiger partial charge in [-0.2, -0.15) is 0 Å².